The zero-order valence-corrected chi connectivity index (χ0v) is 13.9. The van der Waals surface area contributed by atoms with E-state index < -0.39 is 37.0 Å². The number of hydrogen-bond donors (Lipinski definition) is 1. The van der Waals surface area contributed by atoms with Crippen molar-refractivity contribution in [3.05, 3.63) is 62.2 Å². The number of nitro benzene ring substituents is 2. The van der Waals surface area contributed by atoms with E-state index in [1.54, 1.807) is 19.1 Å². The van der Waals surface area contributed by atoms with Gasteiger partial charge in [-0.1, -0.05) is 17.7 Å². The molecule has 0 heterocycles. The van der Waals surface area contributed by atoms with Crippen LogP contribution in [0.15, 0.2) is 41.3 Å². The molecule has 25 heavy (non-hydrogen) atoms. The van der Waals surface area contributed by atoms with Gasteiger partial charge in [0.15, 0.2) is 0 Å². The van der Waals surface area contributed by atoms with Crippen LogP contribution in [0.5, 0.6) is 5.75 Å². The van der Waals surface area contributed by atoms with Crippen LogP contribution in [0.4, 0.5) is 17.1 Å². The Hall–Kier alpha value is -3.21. The molecule has 0 bridgehead atoms. The first-order chi connectivity index (χ1) is 11.7. The van der Waals surface area contributed by atoms with E-state index >= 15 is 0 Å². The molecule has 132 valence electrons. The van der Waals surface area contributed by atoms with E-state index in [0.29, 0.717) is 0 Å². The van der Waals surface area contributed by atoms with Crippen LogP contribution >= 0.6 is 0 Å². The number of nitro groups is 2. The number of nitrogens with zero attached hydrogens (tertiary/aromatic N) is 2. The van der Waals surface area contributed by atoms with Gasteiger partial charge in [0.05, 0.1) is 27.5 Å². The number of rotatable bonds is 6. The SMILES string of the molecule is COc1c([N+](=O)[O-])cc(NS(=O)(=O)c2ccc(C)cc2)cc1[N+](=O)[O-]. The fourth-order valence-electron chi connectivity index (χ4n) is 2.07. The normalized spacial score (nSPS) is 11.0. The van der Waals surface area contributed by atoms with E-state index in [9.17, 15) is 28.6 Å². The first-order valence-corrected chi connectivity index (χ1v) is 8.24. The van der Waals surface area contributed by atoms with E-state index in [4.69, 9.17) is 4.74 Å². The lowest BCUT2D eigenvalue weighted by Gasteiger charge is -2.10. The molecule has 2 aromatic carbocycles. The minimum Gasteiger partial charge on any atom is -0.485 e. The van der Waals surface area contributed by atoms with Gasteiger partial charge in [-0.15, -0.1) is 0 Å². The van der Waals surface area contributed by atoms with Gasteiger partial charge in [0.1, 0.15) is 0 Å². The van der Waals surface area contributed by atoms with Crippen molar-refractivity contribution in [1.82, 2.24) is 0 Å². The van der Waals surface area contributed by atoms with Crippen molar-refractivity contribution in [3.63, 3.8) is 0 Å². The fraction of sp³-hybridized carbons (Fsp3) is 0.143. The number of hydrogen-bond acceptors (Lipinski definition) is 7. The van der Waals surface area contributed by atoms with Crippen LogP contribution in [0.2, 0.25) is 0 Å². The highest BCUT2D eigenvalue weighted by Gasteiger charge is 2.29. The molecule has 0 radical (unpaired) electrons. The molecule has 0 spiro atoms. The van der Waals surface area contributed by atoms with Gasteiger partial charge in [-0.05, 0) is 19.1 Å². The third-order valence-corrected chi connectivity index (χ3v) is 4.63. The molecule has 0 saturated carbocycles. The summed E-state index contributed by atoms with van der Waals surface area (Å²) in [6.07, 6.45) is 0. The predicted octanol–water partition coefficient (Wildman–Crippen LogP) is 2.62. The van der Waals surface area contributed by atoms with Gasteiger partial charge in [0, 0.05) is 12.1 Å². The Morgan fingerprint density at radius 1 is 1.00 bits per heavy atom. The maximum absolute atomic E-state index is 12.3. The number of ether oxygens (including phenoxy) is 1. The van der Waals surface area contributed by atoms with Crippen LogP contribution in [0.3, 0.4) is 0 Å². The lowest BCUT2D eigenvalue weighted by atomic mass is 10.2. The highest BCUT2D eigenvalue weighted by Crippen LogP contribution is 2.39. The second kappa shape index (κ2) is 6.73. The van der Waals surface area contributed by atoms with Gasteiger partial charge in [-0.2, -0.15) is 0 Å². The molecular weight excluding hydrogens is 354 g/mol. The summed E-state index contributed by atoms with van der Waals surface area (Å²) in [5.74, 6) is -0.562. The standard InChI is InChI=1S/C14H13N3O7S/c1-9-3-5-11(6-4-9)25(22,23)15-10-7-12(16(18)19)14(24-2)13(8-10)17(20)21/h3-8,15H,1-2H3. The molecule has 2 aromatic rings. The van der Waals surface area contributed by atoms with Crippen molar-refractivity contribution < 1.29 is 23.0 Å². The molecule has 0 fully saturated rings. The van der Waals surface area contributed by atoms with Gasteiger partial charge >= 0.3 is 11.4 Å². The summed E-state index contributed by atoms with van der Waals surface area (Å²) in [5, 5.41) is 22.2. The summed E-state index contributed by atoms with van der Waals surface area (Å²) in [6, 6.07) is 7.57. The van der Waals surface area contributed by atoms with E-state index in [2.05, 4.69) is 4.72 Å². The fourth-order valence-corrected chi connectivity index (χ4v) is 3.11. The second-order valence-corrected chi connectivity index (χ2v) is 6.66. The molecule has 0 unspecified atom stereocenters. The summed E-state index contributed by atoms with van der Waals surface area (Å²) < 4.78 is 31.5. The minimum absolute atomic E-state index is 0.0841. The lowest BCUT2D eigenvalue weighted by molar-refractivity contribution is -0.395. The maximum Gasteiger partial charge on any atom is 0.320 e. The molecular formula is C14H13N3O7S. The molecule has 11 heteroatoms. The van der Waals surface area contributed by atoms with Crippen LogP contribution in [-0.2, 0) is 10.0 Å². The molecule has 0 amide bonds. The Labute approximate surface area is 142 Å². The molecule has 0 atom stereocenters. The predicted molar refractivity (Wildman–Crippen MR) is 88.3 cm³/mol. The number of aryl methyl sites for hydroxylation is 1. The Kier molecular flexibility index (Phi) is 4.88. The van der Waals surface area contributed by atoms with Crippen molar-refractivity contribution >= 4 is 27.1 Å². The maximum atomic E-state index is 12.3. The molecule has 0 aliphatic carbocycles. The zero-order chi connectivity index (χ0) is 18.8. The number of nitrogens with one attached hydrogen (secondary N) is 1. The Morgan fingerprint density at radius 3 is 1.88 bits per heavy atom. The number of anilines is 1. The summed E-state index contributed by atoms with van der Waals surface area (Å²) in [6.45, 7) is 1.78. The van der Waals surface area contributed by atoms with Crippen LogP contribution < -0.4 is 9.46 Å². The highest BCUT2D eigenvalue weighted by molar-refractivity contribution is 7.92. The Bertz CT molecular complexity index is 904. The summed E-state index contributed by atoms with van der Waals surface area (Å²) in [5.41, 5.74) is -0.925. The smallest absolute Gasteiger partial charge is 0.320 e. The van der Waals surface area contributed by atoms with Gasteiger partial charge in [0.25, 0.3) is 15.8 Å². The van der Waals surface area contributed by atoms with Gasteiger partial charge < -0.3 is 4.74 Å². The Morgan fingerprint density at radius 2 is 1.48 bits per heavy atom. The van der Waals surface area contributed by atoms with Crippen molar-refractivity contribution in [3.8, 4) is 5.75 Å². The van der Waals surface area contributed by atoms with E-state index in [-0.39, 0.29) is 10.6 Å². The average molecular weight is 367 g/mol. The van der Waals surface area contributed by atoms with Crippen LogP contribution in [0.1, 0.15) is 5.56 Å². The monoisotopic (exact) mass is 367 g/mol. The molecule has 2 rings (SSSR count). The first kappa shape index (κ1) is 18.1. The highest BCUT2D eigenvalue weighted by atomic mass is 32.2. The number of sulfonamides is 1. The van der Waals surface area contributed by atoms with Crippen LogP contribution in [-0.4, -0.2) is 25.4 Å². The summed E-state index contributed by atoms with van der Waals surface area (Å²) in [4.78, 5) is 20.3. The van der Waals surface area contributed by atoms with E-state index in [0.717, 1.165) is 24.8 Å². The van der Waals surface area contributed by atoms with Gasteiger partial charge in [0.2, 0.25) is 0 Å². The molecule has 10 nitrogen and oxygen atoms in total. The van der Waals surface area contributed by atoms with Crippen molar-refractivity contribution in [1.29, 1.82) is 0 Å². The largest absolute Gasteiger partial charge is 0.485 e. The molecule has 0 aliphatic heterocycles. The van der Waals surface area contributed by atoms with E-state index in [1.807, 2.05) is 0 Å². The van der Waals surface area contributed by atoms with Crippen LogP contribution in [0, 0.1) is 27.2 Å². The average Bonchev–Trinajstić information content (AvgIpc) is 2.53. The van der Waals surface area contributed by atoms with Crippen molar-refractivity contribution in [2.45, 2.75) is 11.8 Å². The lowest BCUT2D eigenvalue weighted by Crippen LogP contribution is -2.13. The van der Waals surface area contributed by atoms with E-state index in [1.165, 1.54) is 12.1 Å². The molecule has 0 aliphatic rings. The van der Waals surface area contributed by atoms with Crippen molar-refractivity contribution in [2.24, 2.45) is 0 Å². The second-order valence-electron chi connectivity index (χ2n) is 4.98. The third-order valence-electron chi connectivity index (χ3n) is 3.23. The number of methoxy groups -OCH3 is 1. The molecule has 0 aromatic heterocycles. The minimum atomic E-state index is -4.07. The zero-order valence-electron chi connectivity index (χ0n) is 13.1. The number of benzene rings is 2. The quantitative estimate of drug-likeness (QED) is 0.611. The molecule has 0 saturated heterocycles. The Balaban J connectivity index is 2.54. The van der Waals surface area contributed by atoms with Gasteiger partial charge in [-0.3, -0.25) is 25.0 Å². The summed E-state index contributed by atoms with van der Waals surface area (Å²) >= 11 is 0. The molecule has 1 N–H and O–H groups in total. The summed E-state index contributed by atoms with van der Waals surface area (Å²) in [7, 11) is -3.02. The van der Waals surface area contributed by atoms with Crippen LogP contribution in [0.25, 0.3) is 0 Å². The van der Waals surface area contributed by atoms with Gasteiger partial charge in [-0.25, -0.2) is 8.42 Å². The first-order valence-electron chi connectivity index (χ1n) is 6.76. The van der Waals surface area contributed by atoms with Crippen molar-refractivity contribution in [2.75, 3.05) is 11.8 Å². The third kappa shape index (κ3) is 3.83. The topological polar surface area (TPSA) is 142 Å².